The number of ether oxygens (including phenoxy) is 1. The predicted molar refractivity (Wildman–Crippen MR) is 82.7 cm³/mol. The second-order valence-corrected chi connectivity index (χ2v) is 5.26. The van der Waals surface area contributed by atoms with E-state index in [1.54, 1.807) is 30.3 Å². The van der Waals surface area contributed by atoms with E-state index in [1.807, 2.05) is 0 Å². The number of benzene rings is 2. The molecule has 2 aromatic carbocycles. The third-order valence-electron chi connectivity index (χ3n) is 2.96. The van der Waals surface area contributed by atoms with Crippen LogP contribution >= 0.6 is 15.9 Å². The Balaban J connectivity index is 2.43. The van der Waals surface area contributed by atoms with Crippen LogP contribution in [0.25, 0.3) is 0 Å². The second kappa shape index (κ2) is 6.58. The zero-order chi connectivity index (χ0) is 15.4. The van der Waals surface area contributed by atoms with Crippen molar-refractivity contribution in [2.45, 2.75) is 6.04 Å². The third-order valence-corrected chi connectivity index (χ3v) is 3.45. The summed E-state index contributed by atoms with van der Waals surface area (Å²) in [6.45, 7) is 0. The Bertz CT molecular complexity index is 664. The van der Waals surface area contributed by atoms with Gasteiger partial charge < -0.3 is 15.8 Å². The van der Waals surface area contributed by atoms with Gasteiger partial charge in [-0.3, -0.25) is 4.79 Å². The summed E-state index contributed by atoms with van der Waals surface area (Å²) in [7, 11) is 1.49. The van der Waals surface area contributed by atoms with Crippen molar-refractivity contribution >= 4 is 27.5 Å². The van der Waals surface area contributed by atoms with Crippen molar-refractivity contribution in [1.29, 1.82) is 0 Å². The fourth-order valence-electron chi connectivity index (χ4n) is 1.97. The Morgan fingerprint density at radius 2 is 2.05 bits per heavy atom. The first-order valence-electron chi connectivity index (χ1n) is 6.16. The molecule has 21 heavy (non-hydrogen) atoms. The number of para-hydroxylation sites is 1. The average molecular weight is 353 g/mol. The van der Waals surface area contributed by atoms with Crippen LogP contribution in [0.3, 0.4) is 0 Å². The Labute approximate surface area is 130 Å². The fraction of sp³-hybridized carbons (Fsp3) is 0.133. The summed E-state index contributed by atoms with van der Waals surface area (Å²) in [5.41, 5.74) is 6.17. The molecule has 0 aliphatic carbocycles. The van der Waals surface area contributed by atoms with E-state index in [9.17, 15) is 9.18 Å². The molecular formula is C15H14BrFN2O2. The predicted octanol–water partition coefficient (Wildman–Crippen LogP) is 3.24. The number of carbonyl (C=O) groups is 1. The van der Waals surface area contributed by atoms with Gasteiger partial charge in [-0.05, 0) is 30.3 Å². The molecule has 1 atom stereocenters. The van der Waals surface area contributed by atoms with Crippen molar-refractivity contribution in [2.75, 3.05) is 12.4 Å². The Kier molecular flexibility index (Phi) is 4.80. The maximum absolute atomic E-state index is 13.7. The molecule has 0 fully saturated rings. The molecule has 1 amide bonds. The van der Waals surface area contributed by atoms with Crippen molar-refractivity contribution in [3.63, 3.8) is 0 Å². The van der Waals surface area contributed by atoms with Gasteiger partial charge in [-0.25, -0.2) is 4.39 Å². The quantitative estimate of drug-likeness (QED) is 0.868. The summed E-state index contributed by atoms with van der Waals surface area (Å²) in [6.07, 6.45) is 0. The lowest BCUT2D eigenvalue weighted by molar-refractivity contribution is -0.118. The van der Waals surface area contributed by atoms with Crippen LogP contribution in [-0.2, 0) is 4.79 Å². The number of hydrogen-bond acceptors (Lipinski definition) is 3. The normalized spacial score (nSPS) is 11.8. The molecule has 0 heterocycles. The topological polar surface area (TPSA) is 64.3 Å². The molecule has 0 spiro atoms. The molecule has 0 saturated heterocycles. The molecule has 0 radical (unpaired) electrons. The van der Waals surface area contributed by atoms with E-state index in [0.717, 1.165) is 4.47 Å². The molecule has 3 N–H and O–H groups in total. The lowest BCUT2D eigenvalue weighted by Gasteiger charge is -2.20. The van der Waals surface area contributed by atoms with Gasteiger partial charge in [-0.1, -0.05) is 28.1 Å². The van der Waals surface area contributed by atoms with Crippen LogP contribution in [0.1, 0.15) is 11.6 Å². The summed E-state index contributed by atoms with van der Waals surface area (Å²) in [6, 6.07) is 10.4. The van der Waals surface area contributed by atoms with E-state index in [1.165, 1.54) is 19.2 Å². The van der Waals surface area contributed by atoms with Crippen molar-refractivity contribution in [3.05, 3.63) is 58.3 Å². The first kappa shape index (κ1) is 15.3. The summed E-state index contributed by atoms with van der Waals surface area (Å²) < 4.78 is 19.7. The fourth-order valence-corrected chi connectivity index (χ4v) is 2.35. The zero-order valence-electron chi connectivity index (χ0n) is 11.3. The molecule has 0 aromatic heterocycles. The highest BCUT2D eigenvalue weighted by atomic mass is 79.9. The highest BCUT2D eigenvalue weighted by Gasteiger charge is 2.23. The summed E-state index contributed by atoms with van der Waals surface area (Å²) in [5, 5.41) is 2.81. The first-order valence-corrected chi connectivity index (χ1v) is 6.96. The van der Waals surface area contributed by atoms with Gasteiger partial charge in [0, 0.05) is 10.0 Å². The first-order chi connectivity index (χ1) is 10.0. The molecule has 4 nitrogen and oxygen atoms in total. The zero-order valence-corrected chi connectivity index (χ0v) is 12.9. The molecular weight excluding hydrogens is 339 g/mol. The van der Waals surface area contributed by atoms with Gasteiger partial charge in [0.2, 0.25) is 5.91 Å². The van der Waals surface area contributed by atoms with Gasteiger partial charge in [0.05, 0.1) is 12.8 Å². The molecule has 6 heteroatoms. The second-order valence-electron chi connectivity index (χ2n) is 4.35. The van der Waals surface area contributed by atoms with E-state index in [0.29, 0.717) is 11.3 Å². The number of halogens is 2. The minimum atomic E-state index is -0.908. The van der Waals surface area contributed by atoms with Crippen molar-refractivity contribution in [3.8, 4) is 5.75 Å². The van der Waals surface area contributed by atoms with Crippen LogP contribution < -0.4 is 15.8 Å². The maximum atomic E-state index is 13.7. The maximum Gasteiger partial charge on any atom is 0.244 e. The number of amides is 1. The summed E-state index contributed by atoms with van der Waals surface area (Å²) >= 11 is 3.33. The van der Waals surface area contributed by atoms with Crippen LogP contribution in [0.5, 0.6) is 5.75 Å². The van der Waals surface area contributed by atoms with Crippen molar-refractivity contribution in [1.82, 2.24) is 0 Å². The molecule has 0 aliphatic rings. The van der Waals surface area contributed by atoms with E-state index >= 15 is 0 Å². The average Bonchev–Trinajstić information content (AvgIpc) is 2.46. The van der Waals surface area contributed by atoms with Gasteiger partial charge in [0.25, 0.3) is 0 Å². The number of nitrogens with two attached hydrogens (primary N) is 1. The molecule has 2 rings (SSSR count). The minimum absolute atomic E-state index is 0.198. The molecule has 0 bridgehead atoms. The van der Waals surface area contributed by atoms with Crippen LogP contribution in [-0.4, -0.2) is 13.0 Å². The molecule has 110 valence electrons. The van der Waals surface area contributed by atoms with Gasteiger partial charge in [-0.15, -0.1) is 0 Å². The van der Waals surface area contributed by atoms with Crippen LogP contribution in [0, 0.1) is 5.82 Å². The lowest BCUT2D eigenvalue weighted by atomic mass is 10.0. The van der Waals surface area contributed by atoms with Crippen molar-refractivity contribution < 1.29 is 13.9 Å². The summed E-state index contributed by atoms with van der Waals surface area (Å²) in [4.78, 5) is 11.8. The number of anilines is 1. The van der Waals surface area contributed by atoms with Gasteiger partial charge >= 0.3 is 0 Å². The summed E-state index contributed by atoms with van der Waals surface area (Å²) in [5.74, 6) is -0.599. The van der Waals surface area contributed by atoms with Crippen molar-refractivity contribution in [2.24, 2.45) is 5.73 Å². The van der Waals surface area contributed by atoms with E-state index in [-0.39, 0.29) is 5.69 Å². The number of primary amides is 1. The van der Waals surface area contributed by atoms with Gasteiger partial charge in [-0.2, -0.15) is 0 Å². The highest BCUT2D eigenvalue weighted by Crippen LogP contribution is 2.31. The van der Waals surface area contributed by atoms with E-state index in [4.69, 9.17) is 10.5 Å². The number of hydrogen-bond donors (Lipinski definition) is 2. The largest absolute Gasteiger partial charge is 0.496 e. The molecule has 1 unspecified atom stereocenters. The highest BCUT2D eigenvalue weighted by molar-refractivity contribution is 9.10. The molecule has 0 saturated carbocycles. The number of methoxy groups -OCH3 is 1. The number of rotatable bonds is 5. The van der Waals surface area contributed by atoms with Crippen LogP contribution in [0.4, 0.5) is 10.1 Å². The minimum Gasteiger partial charge on any atom is -0.496 e. The molecule has 2 aromatic rings. The van der Waals surface area contributed by atoms with Gasteiger partial charge in [0.15, 0.2) is 0 Å². The van der Waals surface area contributed by atoms with E-state index < -0.39 is 17.8 Å². The smallest absolute Gasteiger partial charge is 0.244 e. The van der Waals surface area contributed by atoms with Gasteiger partial charge in [0.1, 0.15) is 17.6 Å². The Hall–Kier alpha value is -2.08. The van der Waals surface area contributed by atoms with E-state index in [2.05, 4.69) is 21.2 Å². The van der Waals surface area contributed by atoms with Crippen LogP contribution in [0.2, 0.25) is 0 Å². The monoisotopic (exact) mass is 352 g/mol. The standard InChI is InChI=1S/C15H14BrFN2O2/c1-21-13-7-6-9(16)8-10(13)14(15(18)20)19-12-5-3-2-4-11(12)17/h2-8,14,19H,1H3,(H2,18,20). The third kappa shape index (κ3) is 3.52. The number of carbonyl (C=O) groups excluding carboxylic acids is 1. The Morgan fingerprint density at radius 3 is 2.67 bits per heavy atom. The van der Waals surface area contributed by atoms with Crippen LogP contribution in [0.15, 0.2) is 46.9 Å². The SMILES string of the molecule is COc1ccc(Br)cc1C(Nc1ccccc1F)C(N)=O. The lowest BCUT2D eigenvalue weighted by Crippen LogP contribution is -2.28. The molecule has 0 aliphatic heterocycles. The Morgan fingerprint density at radius 1 is 1.33 bits per heavy atom. The number of nitrogens with one attached hydrogen (secondary N) is 1.